The van der Waals surface area contributed by atoms with Crippen LogP contribution in [0.1, 0.15) is 6.92 Å². The van der Waals surface area contributed by atoms with Gasteiger partial charge < -0.3 is 10.0 Å². The molecule has 0 amide bonds. The molecule has 88 valence electrons. The van der Waals surface area contributed by atoms with Crippen molar-refractivity contribution in [2.45, 2.75) is 6.92 Å². The van der Waals surface area contributed by atoms with Gasteiger partial charge in [0.1, 0.15) is 17.9 Å². The molecule has 2 heterocycles. The van der Waals surface area contributed by atoms with Crippen LogP contribution in [0.3, 0.4) is 0 Å². The highest BCUT2D eigenvalue weighted by molar-refractivity contribution is 5.75. The van der Waals surface area contributed by atoms with Gasteiger partial charge in [0.25, 0.3) is 0 Å². The zero-order chi connectivity index (χ0) is 12.3. The molecule has 0 spiro atoms. The summed E-state index contributed by atoms with van der Waals surface area (Å²) >= 11 is 0. The predicted octanol–water partition coefficient (Wildman–Crippen LogP) is 0.936. The number of carboxylic acids is 1. The Morgan fingerprint density at radius 3 is 2.82 bits per heavy atom. The number of hydrogen-bond donors (Lipinski definition) is 1. The Hall–Kier alpha value is -2.24. The largest absolute Gasteiger partial charge is 0.480 e. The van der Waals surface area contributed by atoms with E-state index in [2.05, 4.69) is 15.0 Å². The normalized spacial score (nSPS) is 10.4. The molecule has 0 bridgehead atoms. The molecule has 0 unspecified atom stereocenters. The van der Waals surface area contributed by atoms with Crippen molar-refractivity contribution in [1.82, 2.24) is 15.0 Å². The molecule has 0 aliphatic rings. The van der Waals surface area contributed by atoms with Crippen molar-refractivity contribution >= 4 is 23.0 Å². The van der Waals surface area contributed by atoms with E-state index in [0.29, 0.717) is 23.5 Å². The lowest BCUT2D eigenvalue weighted by atomic mass is 10.3. The lowest BCUT2D eigenvalue weighted by Crippen LogP contribution is -2.30. The molecule has 6 heteroatoms. The van der Waals surface area contributed by atoms with Crippen molar-refractivity contribution in [2.24, 2.45) is 0 Å². The van der Waals surface area contributed by atoms with Crippen LogP contribution in [0, 0.1) is 0 Å². The number of fused-ring (bicyclic) bond motifs is 1. The highest BCUT2D eigenvalue weighted by atomic mass is 16.4. The Morgan fingerprint density at radius 1 is 1.35 bits per heavy atom. The highest BCUT2D eigenvalue weighted by Crippen LogP contribution is 2.14. The molecular formula is C11H12N4O2. The second-order valence-electron chi connectivity index (χ2n) is 3.48. The molecule has 2 aromatic heterocycles. The first-order valence-electron chi connectivity index (χ1n) is 5.25. The molecule has 17 heavy (non-hydrogen) atoms. The van der Waals surface area contributed by atoms with Crippen LogP contribution in [0.15, 0.2) is 24.5 Å². The number of aromatic nitrogens is 3. The van der Waals surface area contributed by atoms with Crippen molar-refractivity contribution < 1.29 is 9.90 Å². The van der Waals surface area contributed by atoms with Crippen molar-refractivity contribution in [3.63, 3.8) is 0 Å². The standard InChI is InChI=1S/C11H12N4O2/c1-2-15(7-10(16)17)9-4-3-8-11(14-9)13-6-5-12-8/h3-6H,2,7H2,1H3,(H,16,17). The van der Waals surface area contributed by atoms with Gasteiger partial charge in [-0.3, -0.25) is 9.78 Å². The Bertz CT molecular complexity index is 544. The van der Waals surface area contributed by atoms with Crippen molar-refractivity contribution in [2.75, 3.05) is 18.0 Å². The van der Waals surface area contributed by atoms with E-state index in [1.54, 1.807) is 29.4 Å². The number of hydrogen-bond acceptors (Lipinski definition) is 5. The van der Waals surface area contributed by atoms with Gasteiger partial charge in [-0.15, -0.1) is 0 Å². The van der Waals surface area contributed by atoms with Crippen LogP contribution >= 0.6 is 0 Å². The third-order valence-corrected chi connectivity index (χ3v) is 2.35. The van der Waals surface area contributed by atoms with Gasteiger partial charge in [0, 0.05) is 18.9 Å². The van der Waals surface area contributed by atoms with Crippen LogP contribution in [0.2, 0.25) is 0 Å². The van der Waals surface area contributed by atoms with Gasteiger partial charge in [-0.05, 0) is 19.1 Å². The van der Waals surface area contributed by atoms with E-state index < -0.39 is 5.97 Å². The smallest absolute Gasteiger partial charge is 0.323 e. The Morgan fingerprint density at radius 2 is 2.12 bits per heavy atom. The first-order chi connectivity index (χ1) is 8.20. The summed E-state index contributed by atoms with van der Waals surface area (Å²) in [4.78, 5) is 24.9. The van der Waals surface area contributed by atoms with E-state index in [0.717, 1.165) is 0 Å². The summed E-state index contributed by atoms with van der Waals surface area (Å²) < 4.78 is 0. The monoisotopic (exact) mass is 232 g/mol. The van der Waals surface area contributed by atoms with Crippen molar-refractivity contribution in [3.05, 3.63) is 24.5 Å². The topological polar surface area (TPSA) is 79.2 Å². The summed E-state index contributed by atoms with van der Waals surface area (Å²) in [6, 6.07) is 3.54. The van der Waals surface area contributed by atoms with Crippen LogP contribution in [-0.2, 0) is 4.79 Å². The zero-order valence-corrected chi connectivity index (χ0v) is 9.37. The predicted molar refractivity (Wildman–Crippen MR) is 62.9 cm³/mol. The van der Waals surface area contributed by atoms with Gasteiger partial charge in [-0.1, -0.05) is 0 Å². The number of nitrogens with zero attached hydrogens (tertiary/aromatic N) is 4. The summed E-state index contributed by atoms with van der Waals surface area (Å²) in [6.45, 7) is 2.38. The summed E-state index contributed by atoms with van der Waals surface area (Å²) in [5, 5.41) is 8.79. The minimum atomic E-state index is -0.882. The fraction of sp³-hybridized carbons (Fsp3) is 0.273. The fourth-order valence-electron chi connectivity index (χ4n) is 1.54. The number of rotatable bonds is 4. The molecular weight excluding hydrogens is 220 g/mol. The molecule has 2 rings (SSSR count). The average Bonchev–Trinajstić information content (AvgIpc) is 2.35. The Labute approximate surface area is 97.9 Å². The van der Waals surface area contributed by atoms with Crippen molar-refractivity contribution in [1.29, 1.82) is 0 Å². The fourth-order valence-corrected chi connectivity index (χ4v) is 1.54. The summed E-state index contributed by atoms with van der Waals surface area (Å²) in [5.41, 5.74) is 1.22. The van der Waals surface area contributed by atoms with Crippen molar-refractivity contribution in [3.8, 4) is 0 Å². The summed E-state index contributed by atoms with van der Waals surface area (Å²) in [7, 11) is 0. The van der Waals surface area contributed by atoms with Gasteiger partial charge in [0.05, 0.1) is 0 Å². The maximum atomic E-state index is 10.7. The molecule has 0 aliphatic carbocycles. The van der Waals surface area contributed by atoms with E-state index in [1.165, 1.54) is 0 Å². The molecule has 0 radical (unpaired) electrons. The third kappa shape index (κ3) is 2.47. The van der Waals surface area contributed by atoms with Gasteiger partial charge in [0.2, 0.25) is 0 Å². The molecule has 0 saturated carbocycles. The molecule has 6 nitrogen and oxygen atoms in total. The quantitative estimate of drug-likeness (QED) is 0.845. The number of aliphatic carboxylic acids is 1. The second-order valence-corrected chi connectivity index (χ2v) is 3.48. The molecule has 0 atom stereocenters. The Kier molecular flexibility index (Phi) is 3.13. The summed E-state index contributed by atoms with van der Waals surface area (Å²) in [6.07, 6.45) is 3.16. The molecule has 1 N–H and O–H groups in total. The first kappa shape index (κ1) is 11.3. The van der Waals surface area contributed by atoms with Gasteiger partial charge >= 0.3 is 5.97 Å². The van der Waals surface area contributed by atoms with Crippen LogP contribution in [0.4, 0.5) is 5.82 Å². The number of anilines is 1. The number of carbonyl (C=O) groups is 1. The minimum Gasteiger partial charge on any atom is -0.480 e. The minimum absolute atomic E-state index is 0.0741. The average molecular weight is 232 g/mol. The molecule has 0 aliphatic heterocycles. The SMILES string of the molecule is CCN(CC(=O)O)c1ccc2nccnc2n1. The van der Waals surface area contributed by atoms with Crippen LogP contribution < -0.4 is 4.90 Å². The third-order valence-electron chi connectivity index (χ3n) is 2.35. The van der Waals surface area contributed by atoms with Crippen LogP contribution in [0.25, 0.3) is 11.2 Å². The Balaban J connectivity index is 2.37. The highest BCUT2D eigenvalue weighted by Gasteiger charge is 2.10. The number of likely N-dealkylation sites (N-methyl/N-ethyl adjacent to an activating group) is 1. The van der Waals surface area contributed by atoms with E-state index in [1.807, 2.05) is 6.92 Å². The molecule has 0 fully saturated rings. The van der Waals surface area contributed by atoms with E-state index in [-0.39, 0.29) is 6.54 Å². The number of carboxylic acid groups (broad SMARTS) is 1. The lowest BCUT2D eigenvalue weighted by molar-refractivity contribution is -0.135. The lowest BCUT2D eigenvalue weighted by Gasteiger charge is -2.19. The van der Waals surface area contributed by atoms with E-state index in [4.69, 9.17) is 5.11 Å². The van der Waals surface area contributed by atoms with E-state index in [9.17, 15) is 4.79 Å². The maximum absolute atomic E-state index is 10.7. The van der Waals surface area contributed by atoms with E-state index >= 15 is 0 Å². The zero-order valence-electron chi connectivity index (χ0n) is 9.37. The van der Waals surface area contributed by atoms with Gasteiger partial charge in [-0.25, -0.2) is 9.97 Å². The van der Waals surface area contributed by atoms with Gasteiger partial charge in [-0.2, -0.15) is 0 Å². The molecule has 2 aromatic rings. The molecule has 0 saturated heterocycles. The molecule has 0 aromatic carbocycles. The van der Waals surface area contributed by atoms with Crippen LogP contribution in [-0.4, -0.2) is 39.1 Å². The summed E-state index contributed by atoms with van der Waals surface area (Å²) in [5.74, 6) is -0.282. The first-order valence-corrected chi connectivity index (χ1v) is 5.25. The maximum Gasteiger partial charge on any atom is 0.323 e. The second kappa shape index (κ2) is 4.73. The number of pyridine rings is 1. The van der Waals surface area contributed by atoms with Gasteiger partial charge in [0.15, 0.2) is 5.65 Å². The van der Waals surface area contributed by atoms with Crippen LogP contribution in [0.5, 0.6) is 0 Å².